The number of hydrogen-bond acceptors (Lipinski definition) is 4. The minimum absolute atomic E-state index is 0.0164. The van der Waals surface area contributed by atoms with Crippen LogP contribution < -0.4 is 5.32 Å². The number of carbonyl (C=O) groups excluding carboxylic acids is 1. The predicted octanol–water partition coefficient (Wildman–Crippen LogP) is 3.85. The summed E-state index contributed by atoms with van der Waals surface area (Å²) >= 11 is 0. The Morgan fingerprint density at radius 2 is 2.04 bits per heavy atom. The van der Waals surface area contributed by atoms with Gasteiger partial charge in [0.15, 0.2) is 5.76 Å². The molecule has 1 heterocycles. The molecule has 1 aromatic heterocycles. The van der Waals surface area contributed by atoms with E-state index >= 15 is 0 Å². The number of aromatic hydroxyl groups is 1. The lowest BCUT2D eigenvalue weighted by atomic mass is 10.1. The molecule has 0 saturated heterocycles. The maximum absolute atomic E-state index is 12.5. The van der Waals surface area contributed by atoms with E-state index in [2.05, 4.69) is 5.32 Å². The van der Waals surface area contributed by atoms with E-state index in [1.165, 1.54) is 0 Å². The summed E-state index contributed by atoms with van der Waals surface area (Å²) in [6.45, 7) is 2.13. The number of aryl methyl sites for hydroxylation is 1. The summed E-state index contributed by atoms with van der Waals surface area (Å²) in [6.07, 6.45) is 0. The number of para-hydroxylation sites is 1. The number of phenolic OH excluding ortho intramolecular Hbond substituents is 1. The Morgan fingerprint density at radius 1 is 1.26 bits per heavy atom. The fraction of sp³-hybridized carbons (Fsp3) is 0.167. The molecule has 3 aromatic rings. The second-order valence-electron chi connectivity index (χ2n) is 5.31. The van der Waals surface area contributed by atoms with Gasteiger partial charge in [0.05, 0.1) is 12.3 Å². The van der Waals surface area contributed by atoms with Crippen LogP contribution in [0.1, 0.15) is 21.7 Å². The Morgan fingerprint density at radius 3 is 2.78 bits per heavy atom. The van der Waals surface area contributed by atoms with Gasteiger partial charge in [-0.05, 0) is 30.7 Å². The van der Waals surface area contributed by atoms with E-state index in [9.17, 15) is 9.90 Å². The SMILES string of the molecule is COCc1c(C(=O)Nc2ccc(C)cc2O)oc2ccccc12. The van der Waals surface area contributed by atoms with E-state index in [0.717, 1.165) is 10.9 Å². The van der Waals surface area contributed by atoms with Crippen LogP contribution in [0.3, 0.4) is 0 Å². The summed E-state index contributed by atoms with van der Waals surface area (Å²) in [4.78, 5) is 12.5. The van der Waals surface area contributed by atoms with Crippen molar-refractivity contribution in [3.05, 3.63) is 59.4 Å². The van der Waals surface area contributed by atoms with Crippen LogP contribution in [0.15, 0.2) is 46.9 Å². The highest BCUT2D eigenvalue weighted by Gasteiger charge is 2.21. The lowest BCUT2D eigenvalue weighted by Crippen LogP contribution is -2.13. The highest BCUT2D eigenvalue weighted by Crippen LogP contribution is 2.29. The average Bonchev–Trinajstić information content (AvgIpc) is 2.90. The molecule has 118 valence electrons. The predicted molar refractivity (Wildman–Crippen MR) is 87.7 cm³/mol. The molecule has 1 amide bonds. The van der Waals surface area contributed by atoms with Crippen molar-refractivity contribution >= 4 is 22.6 Å². The molecule has 2 aromatic carbocycles. The summed E-state index contributed by atoms with van der Waals surface area (Å²) in [5.74, 6) is -0.219. The number of hydrogen-bond donors (Lipinski definition) is 2. The minimum Gasteiger partial charge on any atom is -0.506 e. The highest BCUT2D eigenvalue weighted by molar-refractivity contribution is 6.07. The molecule has 3 rings (SSSR count). The first-order chi connectivity index (χ1) is 11.1. The maximum atomic E-state index is 12.5. The van der Waals surface area contributed by atoms with E-state index in [1.807, 2.05) is 31.2 Å². The Kier molecular flexibility index (Phi) is 4.04. The molecular formula is C18H17NO4. The van der Waals surface area contributed by atoms with Gasteiger partial charge in [-0.1, -0.05) is 24.3 Å². The molecule has 0 atom stereocenters. The van der Waals surface area contributed by atoms with Gasteiger partial charge >= 0.3 is 0 Å². The lowest BCUT2D eigenvalue weighted by molar-refractivity contribution is 0.0991. The average molecular weight is 311 g/mol. The van der Waals surface area contributed by atoms with E-state index in [0.29, 0.717) is 16.8 Å². The van der Waals surface area contributed by atoms with Crippen LogP contribution in [0.2, 0.25) is 0 Å². The van der Waals surface area contributed by atoms with Crippen LogP contribution in [-0.4, -0.2) is 18.1 Å². The molecule has 0 bridgehead atoms. The number of rotatable bonds is 4. The van der Waals surface area contributed by atoms with Gasteiger partial charge in [0.1, 0.15) is 11.3 Å². The normalized spacial score (nSPS) is 10.9. The third-order valence-electron chi connectivity index (χ3n) is 3.59. The van der Waals surface area contributed by atoms with Crippen molar-refractivity contribution in [3.8, 4) is 5.75 Å². The molecule has 0 aliphatic rings. The van der Waals surface area contributed by atoms with Gasteiger partial charge in [-0.25, -0.2) is 0 Å². The Hall–Kier alpha value is -2.79. The van der Waals surface area contributed by atoms with E-state index in [4.69, 9.17) is 9.15 Å². The zero-order valence-electron chi connectivity index (χ0n) is 12.9. The van der Waals surface area contributed by atoms with Gasteiger partial charge < -0.3 is 19.6 Å². The molecule has 23 heavy (non-hydrogen) atoms. The van der Waals surface area contributed by atoms with Crippen molar-refractivity contribution in [2.45, 2.75) is 13.5 Å². The molecule has 2 N–H and O–H groups in total. The van der Waals surface area contributed by atoms with Crippen molar-refractivity contribution in [1.29, 1.82) is 0 Å². The van der Waals surface area contributed by atoms with Crippen molar-refractivity contribution in [1.82, 2.24) is 0 Å². The zero-order valence-corrected chi connectivity index (χ0v) is 12.9. The fourth-order valence-corrected chi connectivity index (χ4v) is 2.50. The fourth-order valence-electron chi connectivity index (χ4n) is 2.50. The second kappa shape index (κ2) is 6.14. The number of phenols is 1. The van der Waals surface area contributed by atoms with Crippen molar-refractivity contribution in [2.24, 2.45) is 0 Å². The Balaban J connectivity index is 1.98. The van der Waals surface area contributed by atoms with Gasteiger partial charge in [-0.2, -0.15) is 0 Å². The van der Waals surface area contributed by atoms with Crippen LogP contribution in [0, 0.1) is 6.92 Å². The molecule has 5 nitrogen and oxygen atoms in total. The molecule has 0 fully saturated rings. The number of carbonyl (C=O) groups is 1. The molecule has 5 heteroatoms. The molecule has 0 spiro atoms. The van der Waals surface area contributed by atoms with Gasteiger partial charge in [0, 0.05) is 18.1 Å². The molecule has 0 aliphatic carbocycles. The monoisotopic (exact) mass is 311 g/mol. The summed E-state index contributed by atoms with van der Waals surface area (Å²) in [7, 11) is 1.56. The summed E-state index contributed by atoms with van der Waals surface area (Å²) in [6, 6.07) is 12.5. The second-order valence-corrected chi connectivity index (χ2v) is 5.31. The van der Waals surface area contributed by atoms with Crippen molar-refractivity contribution in [2.75, 3.05) is 12.4 Å². The van der Waals surface area contributed by atoms with E-state index in [1.54, 1.807) is 25.3 Å². The summed E-state index contributed by atoms with van der Waals surface area (Å²) in [5, 5.41) is 13.4. The quantitative estimate of drug-likeness (QED) is 0.718. The van der Waals surface area contributed by atoms with E-state index < -0.39 is 5.91 Å². The van der Waals surface area contributed by atoms with Gasteiger partial charge in [0.25, 0.3) is 5.91 Å². The number of ether oxygens (including phenoxy) is 1. The van der Waals surface area contributed by atoms with Crippen molar-refractivity contribution < 1.29 is 19.1 Å². The van der Waals surface area contributed by atoms with Crippen LogP contribution in [0.4, 0.5) is 5.69 Å². The number of methoxy groups -OCH3 is 1. The van der Waals surface area contributed by atoms with Crippen LogP contribution in [0.25, 0.3) is 11.0 Å². The number of amides is 1. The number of fused-ring (bicyclic) bond motifs is 1. The molecule has 0 unspecified atom stereocenters. The zero-order chi connectivity index (χ0) is 16.4. The van der Waals surface area contributed by atoms with E-state index in [-0.39, 0.29) is 18.1 Å². The topological polar surface area (TPSA) is 71.7 Å². The third kappa shape index (κ3) is 2.91. The first-order valence-corrected chi connectivity index (χ1v) is 7.20. The van der Waals surface area contributed by atoms with Crippen LogP contribution >= 0.6 is 0 Å². The summed E-state index contributed by atoms with van der Waals surface area (Å²) < 4.78 is 10.9. The first-order valence-electron chi connectivity index (χ1n) is 7.20. The standard InChI is InChI=1S/C18H17NO4/c1-11-7-8-14(15(20)9-11)19-18(21)17-13(10-22-2)12-5-3-4-6-16(12)23-17/h3-9,20H,10H2,1-2H3,(H,19,21). The molecule has 0 aliphatic heterocycles. The van der Waals surface area contributed by atoms with Gasteiger partial charge in [0.2, 0.25) is 0 Å². The van der Waals surface area contributed by atoms with Gasteiger partial charge in [-0.15, -0.1) is 0 Å². The number of anilines is 1. The highest BCUT2D eigenvalue weighted by atomic mass is 16.5. The number of benzene rings is 2. The van der Waals surface area contributed by atoms with Crippen LogP contribution in [0.5, 0.6) is 5.75 Å². The first kappa shape index (κ1) is 15.1. The third-order valence-corrected chi connectivity index (χ3v) is 3.59. The number of furan rings is 1. The van der Waals surface area contributed by atoms with Crippen molar-refractivity contribution in [3.63, 3.8) is 0 Å². The molecule has 0 radical (unpaired) electrons. The maximum Gasteiger partial charge on any atom is 0.291 e. The van der Waals surface area contributed by atoms with Crippen LogP contribution in [-0.2, 0) is 11.3 Å². The van der Waals surface area contributed by atoms with Gasteiger partial charge in [-0.3, -0.25) is 4.79 Å². The smallest absolute Gasteiger partial charge is 0.291 e. The molecular weight excluding hydrogens is 294 g/mol. The number of nitrogens with one attached hydrogen (secondary N) is 1. The largest absolute Gasteiger partial charge is 0.506 e. The minimum atomic E-state index is -0.424. The lowest BCUT2D eigenvalue weighted by Gasteiger charge is -2.07. The Labute approximate surface area is 133 Å². The molecule has 0 saturated carbocycles. The Bertz CT molecular complexity index is 867. The summed E-state index contributed by atoms with van der Waals surface area (Å²) in [5.41, 5.74) is 2.55.